The van der Waals surface area contributed by atoms with Gasteiger partial charge in [-0.25, -0.2) is 8.42 Å². The van der Waals surface area contributed by atoms with Gasteiger partial charge in [0.25, 0.3) is 0 Å². The van der Waals surface area contributed by atoms with Crippen LogP contribution in [-0.4, -0.2) is 24.8 Å². The van der Waals surface area contributed by atoms with Crippen LogP contribution in [0.15, 0.2) is 59.7 Å². The number of nitrogens with zero attached hydrogens (tertiary/aromatic N) is 2. The van der Waals surface area contributed by atoms with Gasteiger partial charge in [0, 0.05) is 11.4 Å². The zero-order valence-corrected chi connectivity index (χ0v) is 13.6. The summed E-state index contributed by atoms with van der Waals surface area (Å²) in [6, 6.07) is 16.5. The van der Waals surface area contributed by atoms with Crippen LogP contribution in [-0.2, 0) is 10.0 Å². The number of hydrazone groups is 1. The molecule has 0 bridgehead atoms. The van der Waals surface area contributed by atoms with Crippen LogP contribution in [0.5, 0.6) is 0 Å². The maximum atomic E-state index is 12.0. The quantitative estimate of drug-likeness (QED) is 0.863. The molecule has 0 amide bonds. The van der Waals surface area contributed by atoms with E-state index < -0.39 is 10.0 Å². The number of sulfonamides is 1. The lowest BCUT2D eigenvalue weighted by molar-refractivity contribution is 0.375. The molecule has 0 aromatic heterocycles. The lowest BCUT2D eigenvalue weighted by Gasteiger charge is -2.21. The van der Waals surface area contributed by atoms with Crippen molar-refractivity contribution in [3.8, 4) is 0 Å². The number of halogens is 1. The average Bonchev–Trinajstić information content (AvgIpc) is 2.94. The Bertz CT molecular complexity index is 802. The maximum Gasteiger partial charge on any atom is 0.247 e. The summed E-state index contributed by atoms with van der Waals surface area (Å²) in [6.45, 7) is 0. The highest BCUT2D eigenvalue weighted by molar-refractivity contribution is 7.88. The third-order valence-electron chi connectivity index (χ3n) is 3.57. The molecule has 3 rings (SSSR count). The second kappa shape index (κ2) is 5.74. The SMILES string of the molecule is CS(=O)(=O)N1N=C(c2ccc(Cl)cc2)C[C@H]1c1ccccc1. The molecule has 0 N–H and O–H groups in total. The van der Waals surface area contributed by atoms with E-state index in [1.165, 1.54) is 10.7 Å². The van der Waals surface area contributed by atoms with Crippen molar-refractivity contribution >= 4 is 27.3 Å². The maximum absolute atomic E-state index is 12.0. The predicted octanol–water partition coefficient (Wildman–Crippen LogP) is 3.45. The first-order valence-electron chi connectivity index (χ1n) is 6.83. The highest BCUT2D eigenvalue weighted by Gasteiger charge is 2.34. The molecule has 1 atom stereocenters. The van der Waals surface area contributed by atoms with Crippen LogP contribution >= 0.6 is 11.6 Å². The van der Waals surface area contributed by atoms with Crippen LogP contribution in [0.4, 0.5) is 0 Å². The number of rotatable bonds is 3. The predicted molar refractivity (Wildman–Crippen MR) is 88.5 cm³/mol. The van der Waals surface area contributed by atoms with E-state index in [1.54, 1.807) is 12.1 Å². The van der Waals surface area contributed by atoms with E-state index in [-0.39, 0.29) is 6.04 Å². The number of hydrogen-bond acceptors (Lipinski definition) is 3. The van der Waals surface area contributed by atoms with Crippen LogP contribution in [0.2, 0.25) is 5.02 Å². The Morgan fingerprint density at radius 3 is 2.32 bits per heavy atom. The summed E-state index contributed by atoms with van der Waals surface area (Å²) in [7, 11) is -3.43. The van der Waals surface area contributed by atoms with Gasteiger partial charge < -0.3 is 0 Å². The summed E-state index contributed by atoms with van der Waals surface area (Å²) in [6.07, 6.45) is 1.72. The molecule has 1 heterocycles. The van der Waals surface area contributed by atoms with Crippen LogP contribution in [0, 0.1) is 0 Å². The van der Waals surface area contributed by atoms with Crippen molar-refractivity contribution in [2.75, 3.05) is 6.26 Å². The third kappa shape index (κ3) is 3.00. The average molecular weight is 335 g/mol. The molecule has 22 heavy (non-hydrogen) atoms. The molecule has 2 aromatic rings. The first-order valence-corrected chi connectivity index (χ1v) is 9.05. The van der Waals surface area contributed by atoms with Crippen molar-refractivity contribution in [3.63, 3.8) is 0 Å². The van der Waals surface area contributed by atoms with Crippen molar-refractivity contribution in [1.29, 1.82) is 0 Å². The van der Waals surface area contributed by atoms with Crippen molar-refractivity contribution in [2.24, 2.45) is 5.10 Å². The second-order valence-corrected chi connectivity index (χ2v) is 7.50. The Kier molecular flexibility index (Phi) is 3.93. The summed E-state index contributed by atoms with van der Waals surface area (Å²) in [4.78, 5) is 0. The topological polar surface area (TPSA) is 49.7 Å². The molecule has 4 nitrogen and oxygen atoms in total. The molecule has 0 saturated carbocycles. The molecular weight excluding hydrogens is 320 g/mol. The molecule has 0 fully saturated rings. The lowest BCUT2D eigenvalue weighted by Crippen LogP contribution is -2.25. The minimum absolute atomic E-state index is 0.304. The van der Waals surface area contributed by atoms with E-state index in [4.69, 9.17) is 11.6 Å². The van der Waals surface area contributed by atoms with Crippen LogP contribution in [0.25, 0.3) is 0 Å². The molecule has 0 saturated heterocycles. The van der Waals surface area contributed by atoms with Gasteiger partial charge in [0.1, 0.15) is 0 Å². The number of hydrogen-bond donors (Lipinski definition) is 0. The first-order chi connectivity index (χ1) is 10.4. The van der Waals surface area contributed by atoms with Crippen molar-refractivity contribution in [2.45, 2.75) is 12.5 Å². The molecule has 0 aliphatic carbocycles. The Morgan fingerprint density at radius 2 is 1.73 bits per heavy atom. The zero-order chi connectivity index (χ0) is 15.7. The first kappa shape index (κ1) is 15.1. The Balaban J connectivity index is 2.00. The van der Waals surface area contributed by atoms with Crippen LogP contribution in [0.3, 0.4) is 0 Å². The summed E-state index contributed by atoms with van der Waals surface area (Å²) in [5.41, 5.74) is 2.56. The summed E-state index contributed by atoms with van der Waals surface area (Å²) < 4.78 is 25.3. The minimum Gasteiger partial charge on any atom is -0.205 e. The smallest absolute Gasteiger partial charge is 0.205 e. The van der Waals surface area contributed by atoms with E-state index >= 15 is 0 Å². The molecule has 0 radical (unpaired) electrons. The van der Waals surface area contributed by atoms with Crippen molar-refractivity contribution in [3.05, 3.63) is 70.7 Å². The van der Waals surface area contributed by atoms with Gasteiger partial charge >= 0.3 is 0 Å². The fourth-order valence-corrected chi connectivity index (χ4v) is 3.57. The van der Waals surface area contributed by atoms with Gasteiger partial charge in [-0.05, 0) is 23.3 Å². The Hall–Kier alpha value is -1.85. The second-order valence-electron chi connectivity index (χ2n) is 5.22. The molecule has 2 aromatic carbocycles. The fraction of sp³-hybridized carbons (Fsp3) is 0.188. The van der Waals surface area contributed by atoms with Gasteiger partial charge in [0.15, 0.2) is 0 Å². The van der Waals surface area contributed by atoms with Gasteiger partial charge in [-0.15, -0.1) is 0 Å². The number of benzene rings is 2. The van der Waals surface area contributed by atoms with Gasteiger partial charge in [0.2, 0.25) is 10.0 Å². The molecule has 1 aliphatic rings. The lowest BCUT2D eigenvalue weighted by atomic mass is 9.99. The summed E-state index contributed by atoms with van der Waals surface area (Å²) >= 11 is 5.90. The molecule has 0 unspecified atom stereocenters. The third-order valence-corrected chi connectivity index (χ3v) is 4.84. The Labute approximate surface area is 135 Å². The van der Waals surface area contributed by atoms with Gasteiger partial charge in [-0.2, -0.15) is 9.52 Å². The summed E-state index contributed by atoms with van der Waals surface area (Å²) in [5, 5.41) is 4.98. The molecule has 114 valence electrons. The highest BCUT2D eigenvalue weighted by atomic mass is 35.5. The minimum atomic E-state index is -3.43. The van der Waals surface area contributed by atoms with E-state index in [2.05, 4.69) is 5.10 Å². The van der Waals surface area contributed by atoms with Gasteiger partial charge in [-0.1, -0.05) is 54.1 Å². The van der Waals surface area contributed by atoms with Crippen molar-refractivity contribution < 1.29 is 8.42 Å². The van der Waals surface area contributed by atoms with E-state index in [1.807, 2.05) is 42.5 Å². The highest BCUT2D eigenvalue weighted by Crippen LogP contribution is 2.34. The Morgan fingerprint density at radius 1 is 1.09 bits per heavy atom. The van der Waals surface area contributed by atoms with Crippen molar-refractivity contribution in [1.82, 2.24) is 4.41 Å². The van der Waals surface area contributed by atoms with Crippen LogP contribution in [0.1, 0.15) is 23.6 Å². The summed E-state index contributed by atoms with van der Waals surface area (Å²) in [5.74, 6) is 0. The van der Waals surface area contributed by atoms with Gasteiger partial charge in [0.05, 0.1) is 18.0 Å². The largest absolute Gasteiger partial charge is 0.247 e. The molecule has 1 aliphatic heterocycles. The molecule has 0 spiro atoms. The van der Waals surface area contributed by atoms with Gasteiger partial charge in [-0.3, -0.25) is 0 Å². The van der Waals surface area contributed by atoms with Crippen LogP contribution < -0.4 is 0 Å². The molecular formula is C16H15ClN2O2S. The standard InChI is InChI=1S/C16H15ClN2O2S/c1-22(20,21)19-16(13-5-3-2-4-6-13)11-15(18-19)12-7-9-14(17)10-8-12/h2-10,16H,11H2,1H3/t16-/m0/s1. The normalized spacial score (nSPS) is 18.4. The van der Waals surface area contributed by atoms with E-state index in [0.29, 0.717) is 11.4 Å². The molecule has 6 heteroatoms. The van der Waals surface area contributed by atoms with E-state index in [0.717, 1.165) is 16.8 Å². The monoisotopic (exact) mass is 334 g/mol. The fourth-order valence-electron chi connectivity index (χ4n) is 2.53. The van der Waals surface area contributed by atoms with E-state index in [9.17, 15) is 8.42 Å². The zero-order valence-electron chi connectivity index (χ0n) is 12.0.